The first-order valence-electron chi connectivity index (χ1n) is 6.75. The van der Waals surface area contributed by atoms with Crippen LogP contribution in [0.1, 0.15) is 23.2 Å². The number of imidazole rings is 1. The van der Waals surface area contributed by atoms with Gasteiger partial charge in [-0.15, -0.1) is 0 Å². The summed E-state index contributed by atoms with van der Waals surface area (Å²) in [5.41, 5.74) is 2.52. The van der Waals surface area contributed by atoms with Gasteiger partial charge < -0.3 is 14.9 Å². The summed E-state index contributed by atoms with van der Waals surface area (Å²) in [4.78, 5) is 19.9. The molecule has 3 rings (SSSR count). The average Bonchev–Trinajstić information content (AvgIpc) is 3.07. The molecule has 0 saturated heterocycles. The number of rotatable bonds is 4. The van der Waals surface area contributed by atoms with Gasteiger partial charge in [-0.1, -0.05) is 12.1 Å². The van der Waals surface area contributed by atoms with Gasteiger partial charge in [0.15, 0.2) is 0 Å². The van der Waals surface area contributed by atoms with Gasteiger partial charge >= 0.3 is 0 Å². The summed E-state index contributed by atoms with van der Waals surface area (Å²) in [5, 5.41) is 2.89. The van der Waals surface area contributed by atoms with Crippen LogP contribution < -0.4 is 5.32 Å². The molecule has 5 nitrogen and oxygen atoms in total. The lowest BCUT2D eigenvalue weighted by Crippen LogP contribution is -2.25. The number of carbonyl (C=O) groups excluding carboxylic acids is 1. The quantitative estimate of drug-likeness (QED) is 0.762. The number of hydrogen-bond donors (Lipinski definition) is 2. The van der Waals surface area contributed by atoms with Crippen LogP contribution in [0.15, 0.2) is 41.0 Å². The molecular weight excluding hydrogens is 332 g/mol. The van der Waals surface area contributed by atoms with Crippen LogP contribution in [0.4, 0.5) is 0 Å². The minimum absolute atomic E-state index is 0.108. The van der Waals surface area contributed by atoms with E-state index in [1.54, 1.807) is 0 Å². The van der Waals surface area contributed by atoms with E-state index in [4.69, 9.17) is 0 Å². The Kier molecular flexibility index (Phi) is 3.79. The maximum absolute atomic E-state index is 12.2. The van der Waals surface area contributed by atoms with Gasteiger partial charge in [0.1, 0.15) is 11.5 Å². The van der Waals surface area contributed by atoms with Crippen molar-refractivity contribution in [3.05, 3.63) is 52.5 Å². The van der Waals surface area contributed by atoms with Crippen LogP contribution in [0.5, 0.6) is 0 Å². The second-order valence-corrected chi connectivity index (χ2v) is 5.63. The van der Waals surface area contributed by atoms with Gasteiger partial charge in [-0.3, -0.25) is 4.79 Å². The fraction of sp³-hybridized carbons (Fsp3) is 0.200. The van der Waals surface area contributed by atoms with Crippen molar-refractivity contribution in [2.75, 3.05) is 0 Å². The Morgan fingerprint density at radius 3 is 3.00 bits per heavy atom. The summed E-state index contributed by atoms with van der Waals surface area (Å²) in [7, 11) is 0. The topological polar surface area (TPSA) is 62.7 Å². The van der Waals surface area contributed by atoms with Crippen molar-refractivity contribution in [2.45, 2.75) is 20.0 Å². The first-order chi connectivity index (χ1) is 10.2. The molecule has 0 fully saturated rings. The Bertz CT molecular complexity index is 757. The molecule has 3 aromatic rings. The van der Waals surface area contributed by atoms with Crippen LogP contribution in [0, 0.1) is 0 Å². The molecular formula is C15H15BrN4O. The van der Waals surface area contributed by atoms with Crippen molar-refractivity contribution in [3.8, 4) is 0 Å². The molecule has 1 amide bonds. The van der Waals surface area contributed by atoms with Crippen LogP contribution in [0.2, 0.25) is 0 Å². The number of amides is 1. The Morgan fingerprint density at radius 1 is 1.43 bits per heavy atom. The van der Waals surface area contributed by atoms with E-state index in [1.165, 1.54) is 0 Å². The van der Waals surface area contributed by atoms with Crippen LogP contribution in [0.3, 0.4) is 0 Å². The minimum atomic E-state index is -0.108. The molecule has 1 aromatic carbocycles. The first kappa shape index (κ1) is 13.9. The fourth-order valence-corrected chi connectivity index (χ4v) is 2.73. The highest BCUT2D eigenvalue weighted by molar-refractivity contribution is 9.10. The largest absolute Gasteiger partial charge is 0.344 e. The molecule has 0 aliphatic rings. The number of nitrogens with one attached hydrogen (secondary N) is 2. The third-order valence-corrected chi connectivity index (χ3v) is 3.73. The van der Waals surface area contributed by atoms with Gasteiger partial charge in [-0.2, -0.15) is 0 Å². The highest BCUT2D eigenvalue weighted by atomic mass is 79.9. The van der Waals surface area contributed by atoms with Gasteiger partial charge in [-0.25, -0.2) is 4.98 Å². The monoisotopic (exact) mass is 346 g/mol. The zero-order valence-electron chi connectivity index (χ0n) is 11.6. The van der Waals surface area contributed by atoms with Crippen molar-refractivity contribution in [2.24, 2.45) is 0 Å². The van der Waals surface area contributed by atoms with Gasteiger partial charge in [0.05, 0.1) is 17.6 Å². The molecule has 2 N–H and O–H groups in total. The van der Waals surface area contributed by atoms with E-state index in [-0.39, 0.29) is 5.91 Å². The number of hydrogen-bond acceptors (Lipinski definition) is 2. The van der Waals surface area contributed by atoms with E-state index in [2.05, 4.69) is 31.2 Å². The maximum atomic E-state index is 12.2. The van der Waals surface area contributed by atoms with Crippen LogP contribution >= 0.6 is 15.9 Å². The molecule has 108 valence electrons. The number of halogens is 1. The second kappa shape index (κ2) is 5.73. The van der Waals surface area contributed by atoms with Gasteiger partial charge in [0, 0.05) is 17.2 Å². The standard InChI is InChI=1S/C15H15BrN4O/c1-2-20-9-10(16)7-13(20)15(21)17-8-14-18-11-5-3-4-6-12(11)19-14/h3-7,9H,2,8H2,1H3,(H,17,21)(H,18,19). The minimum Gasteiger partial charge on any atom is -0.344 e. The van der Waals surface area contributed by atoms with Gasteiger partial charge in [0.2, 0.25) is 0 Å². The molecule has 0 aliphatic heterocycles. The van der Waals surface area contributed by atoms with E-state index in [9.17, 15) is 4.79 Å². The SMILES string of the molecule is CCn1cc(Br)cc1C(=O)NCc1nc2ccccc2[nH]1. The summed E-state index contributed by atoms with van der Waals surface area (Å²) < 4.78 is 2.80. The molecule has 0 aliphatic carbocycles. The number of fused-ring (bicyclic) bond motifs is 1. The number of aryl methyl sites for hydroxylation is 1. The average molecular weight is 347 g/mol. The molecule has 0 spiro atoms. The van der Waals surface area contributed by atoms with Crippen molar-refractivity contribution >= 4 is 32.9 Å². The Morgan fingerprint density at radius 2 is 2.24 bits per heavy atom. The van der Waals surface area contributed by atoms with E-state index in [0.717, 1.165) is 27.9 Å². The summed E-state index contributed by atoms with van der Waals surface area (Å²) in [6, 6.07) is 9.62. The third-order valence-electron chi connectivity index (χ3n) is 3.29. The number of aromatic amines is 1. The smallest absolute Gasteiger partial charge is 0.268 e. The summed E-state index contributed by atoms with van der Waals surface area (Å²) >= 11 is 3.39. The molecule has 0 radical (unpaired) electrons. The Balaban J connectivity index is 1.73. The van der Waals surface area contributed by atoms with E-state index < -0.39 is 0 Å². The summed E-state index contributed by atoms with van der Waals surface area (Å²) in [5.74, 6) is 0.640. The molecule has 2 heterocycles. The number of H-pyrrole nitrogens is 1. The van der Waals surface area contributed by atoms with Crippen molar-refractivity contribution in [1.29, 1.82) is 0 Å². The highest BCUT2D eigenvalue weighted by Crippen LogP contribution is 2.15. The van der Waals surface area contributed by atoms with Gasteiger partial charge in [-0.05, 0) is 41.1 Å². The lowest BCUT2D eigenvalue weighted by molar-refractivity contribution is 0.0941. The van der Waals surface area contributed by atoms with Crippen molar-refractivity contribution < 1.29 is 4.79 Å². The first-order valence-corrected chi connectivity index (χ1v) is 7.54. The van der Waals surface area contributed by atoms with Gasteiger partial charge in [0.25, 0.3) is 5.91 Å². The van der Waals surface area contributed by atoms with Crippen LogP contribution in [-0.2, 0) is 13.1 Å². The number of carbonyl (C=O) groups is 1. The lowest BCUT2D eigenvalue weighted by atomic mass is 10.3. The van der Waals surface area contributed by atoms with Crippen LogP contribution in [-0.4, -0.2) is 20.4 Å². The predicted octanol–water partition coefficient (Wildman–Crippen LogP) is 3.08. The van der Waals surface area contributed by atoms with Crippen LogP contribution in [0.25, 0.3) is 11.0 Å². The molecule has 0 atom stereocenters. The zero-order chi connectivity index (χ0) is 14.8. The van der Waals surface area contributed by atoms with E-state index >= 15 is 0 Å². The Hall–Kier alpha value is -2.08. The number of nitrogens with zero attached hydrogens (tertiary/aromatic N) is 2. The maximum Gasteiger partial charge on any atom is 0.268 e. The normalized spacial score (nSPS) is 11.0. The zero-order valence-corrected chi connectivity index (χ0v) is 13.1. The van der Waals surface area contributed by atoms with E-state index in [0.29, 0.717) is 12.2 Å². The number of aromatic nitrogens is 3. The molecule has 21 heavy (non-hydrogen) atoms. The number of benzene rings is 1. The number of para-hydroxylation sites is 2. The molecule has 0 saturated carbocycles. The summed E-state index contributed by atoms with van der Waals surface area (Å²) in [6.07, 6.45) is 1.90. The summed E-state index contributed by atoms with van der Waals surface area (Å²) in [6.45, 7) is 3.13. The molecule has 2 aromatic heterocycles. The molecule has 0 bridgehead atoms. The van der Waals surface area contributed by atoms with Crippen molar-refractivity contribution in [1.82, 2.24) is 19.9 Å². The highest BCUT2D eigenvalue weighted by Gasteiger charge is 2.12. The Labute approximate surface area is 130 Å². The molecule has 6 heteroatoms. The fourth-order valence-electron chi connectivity index (χ4n) is 2.27. The predicted molar refractivity (Wildman–Crippen MR) is 85.1 cm³/mol. The van der Waals surface area contributed by atoms with E-state index in [1.807, 2.05) is 48.0 Å². The third kappa shape index (κ3) is 2.85. The van der Waals surface area contributed by atoms with Crippen molar-refractivity contribution in [3.63, 3.8) is 0 Å². The second-order valence-electron chi connectivity index (χ2n) is 4.71. The lowest BCUT2D eigenvalue weighted by Gasteiger charge is -2.06. The molecule has 0 unspecified atom stereocenters.